The van der Waals surface area contributed by atoms with Gasteiger partial charge in [-0.1, -0.05) is 56.3 Å². The van der Waals surface area contributed by atoms with Crippen LogP contribution in [0.4, 0.5) is 10.1 Å². The summed E-state index contributed by atoms with van der Waals surface area (Å²) in [7, 11) is 0. The molecule has 168 valence electrons. The van der Waals surface area contributed by atoms with E-state index in [1.165, 1.54) is 6.07 Å². The molecule has 2 aromatic rings. The highest BCUT2D eigenvalue weighted by Gasteiger charge is 2.44. The number of hydrogen-bond acceptors (Lipinski definition) is 4. The zero-order valence-corrected chi connectivity index (χ0v) is 19.0. The summed E-state index contributed by atoms with van der Waals surface area (Å²) in [6.45, 7) is 10.8. The Labute approximate surface area is 186 Å². The Morgan fingerprint density at radius 1 is 1.03 bits per heavy atom. The third-order valence-electron chi connectivity index (χ3n) is 6.53. The molecule has 1 aliphatic heterocycles. The van der Waals surface area contributed by atoms with Crippen molar-refractivity contribution in [3.63, 3.8) is 0 Å². The first-order valence-corrected chi connectivity index (χ1v) is 11.4. The SMILES string of the molecule is CCOC(=O)C(CCCN1CCN(c2ccccc2F)CC1)(c1ccccc1)C(C)C. The van der Waals surface area contributed by atoms with Crippen LogP contribution in [0.5, 0.6) is 0 Å². The molecule has 2 aromatic carbocycles. The van der Waals surface area contributed by atoms with E-state index in [9.17, 15) is 9.18 Å². The van der Waals surface area contributed by atoms with Gasteiger partial charge in [-0.05, 0) is 49.9 Å². The van der Waals surface area contributed by atoms with Gasteiger partial charge in [-0.25, -0.2) is 4.39 Å². The molecule has 1 unspecified atom stereocenters. The predicted octanol–water partition coefficient (Wildman–Crippen LogP) is 4.89. The lowest BCUT2D eigenvalue weighted by Gasteiger charge is -2.38. The van der Waals surface area contributed by atoms with Gasteiger partial charge < -0.3 is 9.64 Å². The van der Waals surface area contributed by atoms with E-state index in [1.54, 1.807) is 6.07 Å². The molecule has 4 nitrogen and oxygen atoms in total. The van der Waals surface area contributed by atoms with Gasteiger partial charge in [0.05, 0.1) is 17.7 Å². The molecule has 5 heteroatoms. The second-order valence-corrected chi connectivity index (χ2v) is 8.60. The first-order valence-electron chi connectivity index (χ1n) is 11.4. The van der Waals surface area contributed by atoms with Gasteiger partial charge in [-0.15, -0.1) is 0 Å². The van der Waals surface area contributed by atoms with Crippen molar-refractivity contribution >= 4 is 11.7 Å². The number of nitrogens with zero attached hydrogens (tertiary/aromatic N) is 2. The van der Waals surface area contributed by atoms with E-state index in [-0.39, 0.29) is 17.7 Å². The van der Waals surface area contributed by atoms with Crippen molar-refractivity contribution in [2.45, 2.75) is 39.0 Å². The molecule has 0 spiro atoms. The molecule has 1 aliphatic rings. The smallest absolute Gasteiger partial charge is 0.316 e. The average Bonchev–Trinajstić information content (AvgIpc) is 2.78. The van der Waals surface area contributed by atoms with Gasteiger partial charge >= 0.3 is 5.97 Å². The number of anilines is 1. The highest BCUT2D eigenvalue weighted by molar-refractivity contribution is 5.83. The largest absolute Gasteiger partial charge is 0.465 e. The predicted molar refractivity (Wildman–Crippen MR) is 124 cm³/mol. The van der Waals surface area contributed by atoms with Gasteiger partial charge in [-0.3, -0.25) is 9.69 Å². The van der Waals surface area contributed by atoms with Crippen LogP contribution in [-0.2, 0) is 14.9 Å². The standard InChI is InChI=1S/C26H35FN2O2/c1-4-31-25(30)26(21(2)3,22-11-6-5-7-12-22)15-10-16-28-17-19-29(20-18-28)24-14-9-8-13-23(24)27/h5-9,11-14,21H,4,10,15-20H2,1-3H3. The Morgan fingerprint density at radius 2 is 1.68 bits per heavy atom. The van der Waals surface area contributed by atoms with E-state index >= 15 is 0 Å². The summed E-state index contributed by atoms with van der Waals surface area (Å²) >= 11 is 0. The zero-order chi connectivity index (χ0) is 22.3. The molecule has 1 fully saturated rings. The van der Waals surface area contributed by atoms with Crippen LogP contribution in [0.2, 0.25) is 0 Å². The van der Waals surface area contributed by atoms with Crippen LogP contribution in [0, 0.1) is 11.7 Å². The summed E-state index contributed by atoms with van der Waals surface area (Å²) in [5.74, 6) is -0.151. The van der Waals surface area contributed by atoms with Crippen molar-refractivity contribution in [2.75, 3.05) is 44.2 Å². The minimum Gasteiger partial charge on any atom is -0.465 e. The van der Waals surface area contributed by atoms with Gasteiger partial charge in [0.1, 0.15) is 5.82 Å². The van der Waals surface area contributed by atoms with Gasteiger partial charge in [0, 0.05) is 26.2 Å². The number of carbonyl (C=O) groups excluding carboxylic acids is 1. The monoisotopic (exact) mass is 426 g/mol. The van der Waals surface area contributed by atoms with Gasteiger partial charge in [0.25, 0.3) is 0 Å². The summed E-state index contributed by atoms with van der Waals surface area (Å²) in [4.78, 5) is 17.7. The van der Waals surface area contributed by atoms with E-state index in [1.807, 2.05) is 49.4 Å². The number of rotatable bonds is 9. The minimum absolute atomic E-state index is 0.124. The first-order chi connectivity index (χ1) is 15.0. The van der Waals surface area contributed by atoms with Crippen LogP contribution in [0.1, 0.15) is 39.2 Å². The minimum atomic E-state index is -0.633. The maximum Gasteiger partial charge on any atom is 0.316 e. The molecule has 0 saturated carbocycles. The lowest BCUT2D eigenvalue weighted by Crippen LogP contribution is -2.47. The van der Waals surface area contributed by atoms with Crippen LogP contribution in [0.3, 0.4) is 0 Å². The van der Waals surface area contributed by atoms with Crippen molar-refractivity contribution in [1.29, 1.82) is 0 Å². The average molecular weight is 427 g/mol. The molecule has 0 bridgehead atoms. The Hall–Kier alpha value is -2.40. The van der Waals surface area contributed by atoms with Crippen LogP contribution in [0.15, 0.2) is 54.6 Å². The molecule has 0 aromatic heterocycles. The second kappa shape index (κ2) is 10.8. The topological polar surface area (TPSA) is 32.8 Å². The maximum absolute atomic E-state index is 14.1. The fourth-order valence-electron chi connectivity index (χ4n) is 4.72. The molecule has 1 saturated heterocycles. The van der Waals surface area contributed by atoms with Gasteiger partial charge in [0.2, 0.25) is 0 Å². The summed E-state index contributed by atoms with van der Waals surface area (Å²) < 4.78 is 19.6. The maximum atomic E-state index is 14.1. The highest BCUT2D eigenvalue weighted by atomic mass is 19.1. The molecular weight excluding hydrogens is 391 g/mol. The zero-order valence-electron chi connectivity index (χ0n) is 19.0. The number of ether oxygens (including phenoxy) is 1. The van der Waals surface area contributed by atoms with Crippen molar-refractivity contribution < 1.29 is 13.9 Å². The van der Waals surface area contributed by atoms with Gasteiger partial charge in [0.15, 0.2) is 0 Å². The summed E-state index contributed by atoms with van der Waals surface area (Å²) in [6.07, 6.45) is 1.66. The highest BCUT2D eigenvalue weighted by Crippen LogP contribution is 2.38. The van der Waals surface area contributed by atoms with Crippen molar-refractivity contribution in [1.82, 2.24) is 4.90 Å². The number of para-hydroxylation sites is 1. The Morgan fingerprint density at radius 3 is 2.29 bits per heavy atom. The molecular formula is C26H35FN2O2. The van der Waals surface area contributed by atoms with Gasteiger partial charge in [-0.2, -0.15) is 0 Å². The molecule has 3 rings (SSSR count). The molecule has 0 radical (unpaired) electrons. The summed E-state index contributed by atoms with van der Waals surface area (Å²) in [6, 6.07) is 17.0. The molecule has 0 amide bonds. The van der Waals surface area contributed by atoms with E-state index < -0.39 is 5.41 Å². The number of benzene rings is 2. The molecule has 31 heavy (non-hydrogen) atoms. The first kappa shape index (κ1) is 23.3. The third-order valence-corrected chi connectivity index (χ3v) is 6.53. The van der Waals surface area contributed by atoms with Crippen molar-refractivity contribution in [2.24, 2.45) is 5.92 Å². The Kier molecular flexibility index (Phi) is 8.08. The van der Waals surface area contributed by atoms with Crippen LogP contribution in [-0.4, -0.2) is 50.2 Å². The lowest BCUT2D eigenvalue weighted by molar-refractivity contribution is -0.152. The quantitative estimate of drug-likeness (QED) is 0.535. The third kappa shape index (κ3) is 5.27. The summed E-state index contributed by atoms with van der Waals surface area (Å²) in [5.41, 5.74) is 1.09. The number of hydrogen-bond donors (Lipinski definition) is 0. The normalized spacial score (nSPS) is 16.9. The molecule has 1 atom stereocenters. The number of carbonyl (C=O) groups is 1. The van der Waals surface area contributed by atoms with Crippen LogP contribution < -0.4 is 4.90 Å². The van der Waals surface area contributed by atoms with Crippen molar-refractivity contribution in [3.05, 3.63) is 66.0 Å². The number of esters is 1. The summed E-state index contributed by atoms with van der Waals surface area (Å²) in [5, 5.41) is 0. The number of piperazine rings is 1. The number of halogens is 1. The van der Waals surface area contributed by atoms with Crippen LogP contribution >= 0.6 is 0 Å². The fourth-order valence-corrected chi connectivity index (χ4v) is 4.72. The van der Waals surface area contributed by atoms with E-state index in [4.69, 9.17) is 4.74 Å². The van der Waals surface area contributed by atoms with Crippen LogP contribution in [0.25, 0.3) is 0 Å². The van der Waals surface area contributed by atoms with E-state index in [0.717, 1.165) is 51.1 Å². The van der Waals surface area contributed by atoms with E-state index in [0.29, 0.717) is 12.3 Å². The second-order valence-electron chi connectivity index (χ2n) is 8.60. The lowest BCUT2D eigenvalue weighted by atomic mass is 9.68. The van der Waals surface area contributed by atoms with E-state index in [2.05, 4.69) is 23.6 Å². The Bertz CT molecular complexity index is 834. The Balaban J connectivity index is 1.62. The fraction of sp³-hybridized carbons (Fsp3) is 0.500. The van der Waals surface area contributed by atoms with Crippen molar-refractivity contribution in [3.8, 4) is 0 Å². The molecule has 1 heterocycles. The molecule has 0 N–H and O–H groups in total. The molecule has 0 aliphatic carbocycles.